The van der Waals surface area contributed by atoms with Gasteiger partial charge in [0.1, 0.15) is 0 Å². The van der Waals surface area contributed by atoms with Crippen LogP contribution in [0.5, 0.6) is 0 Å². The van der Waals surface area contributed by atoms with E-state index >= 15 is 0 Å². The number of hydrogen-bond acceptors (Lipinski definition) is 8. The van der Waals surface area contributed by atoms with Crippen LogP contribution in [-0.4, -0.2) is 54.0 Å². The fourth-order valence-electron chi connectivity index (χ4n) is 3.26. The standard InChI is InChI=1S/C23H27N7O2/c1-15(2)19-13-27-30-21(19)28-22(25-12-18(32)14-31)29-23(30)26-11-16-8-9-20(24-10-16)17-6-4-3-5-7-17/h3-10,13,15,18,31-32H,11-12,14H2,1-2H3,(H2,25,26,28,29). The average Bonchev–Trinajstić information content (AvgIpc) is 3.26. The molecule has 9 heteroatoms. The molecule has 0 spiro atoms. The first kappa shape index (κ1) is 21.7. The van der Waals surface area contributed by atoms with E-state index in [-0.39, 0.29) is 19.1 Å². The van der Waals surface area contributed by atoms with Gasteiger partial charge in [-0.05, 0) is 17.5 Å². The Morgan fingerprint density at radius 1 is 1.00 bits per heavy atom. The SMILES string of the molecule is CC(C)c1cnn2c(NCc3ccc(-c4ccccc4)nc3)nc(NCC(O)CO)nc12. The van der Waals surface area contributed by atoms with Crippen LogP contribution in [0, 0.1) is 0 Å². The summed E-state index contributed by atoms with van der Waals surface area (Å²) in [6.07, 6.45) is 2.74. The molecule has 3 aromatic heterocycles. The molecule has 4 rings (SSSR count). The topological polar surface area (TPSA) is 120 Å². The zero-order valence-electron chi connectivity index (χ0n) is 18.1. The van der Waals surface area contributed by atoms with Crippen molar-refractivity contribution < 1.29 is 10.2 Å². The minimum Gasteiger partial charge on any atom is -0.394 e. The molecule has 0 saturated heterocycles. The summed E-state index contributed by atoms with van der Waals surface area (Å²) < 4.78 is 1.68. The fraction of sp³-hybridized carbons (Fsp3) is 0.304. The number of fused-ring (bicyclic) bond motifs is 1. The van der Waals surface area contributed by atoms with E-state index in [1.807, 2.05) is 48.7 Å². The Hall–Kier alpha value is -3.56. The molecule has 166 valence electrons. The minimum absolute atomic E-state index is 0.141. The maximum absolute atomic E-state index is 9.65. The van der Waals surface area contributed by atoms with Gasteiger partial charge in [0.15, 0.2) is 5.65 Å². The lowest BCUT2D eigenvalue weighted by Crippen LogP contribution is -2.24. The lowest BCUT2D eigenvalue weighted by atomic mass is 10.1. The number of rotatable bonds is 9. The normalized spacial score (nSPS) is 12.3. The Labute approximate surface area is 186 Å². The minimum atomic E-state index is -0.894. The van der Waals surface area contributed by atoms with E-state index in [0.717, 1.165) is 22.4 Å². The number of aromatic nitrogens is 5. The quantitative estimate of drug-likeness (QED) is 0.318. The van der Waals surface area contributed by atoms with Crippen LogP contribution < -0.4 is 10.6 Å². The number of hydrogen-bond donors (Lipinski definition) is 4. The van der Waals surface area contributed by atoms with E-state index in [2.05, 4.69) is 44.5 Å². The van der Waals surface area contributed by atoms with Crippen molar-refractivity contribution in [2.75, 3.05) is 23.8 Å². The summed E-state index contributed by atoms with van der Waals surface area (Å²) in [6.45, 7) is 4.46. The van der Waals surface area contributed by atoms with E-state index < -0.39 is 6.10 Å². The average molecular weight is 434 g/mol. The maximum Gasteiger partial charge on any atom is 0.229 e. The second-order valence-electron chi connectivity index (χ2n) is 7.85. The molecule has 4 aromatic rings. The molecule has 0 aliphatic carbocycles. The summed E-state index contributed by atoms with van der Waals surface area (Å²) in [6, 6.07) is 14.1. The van der Waals surface area contributed by atoms with Gasteiger partial charge in [-0.25, -0.2) is 0 Å². The highest BCUT2D eigenvalue weighted by molar-refractivity contribution is 5.59. The predicted molar refractivity (Wildman–Crippen MR) is 123 cm³/mol. The van der Waals surface area contributed by atoms with Crippen LogP contribution in [0.25, 0.3) is 16.9 Å². The fourth-order valence-corrected chi connectivity index (χ4v) is 3.26. The van der Waals surface area contributed by atoms with E-state index in [4.69, 9.17) is 5.11 Å². The lowest BCUT2D eigenvalue weighted by molar-refractivity contribution is 0.105. The van der Waals surface area contributed by atoms with Gasteiger partial charge in [-0.3, -0.25) is 4.98 Å². The molecule has 1 unspecified atom stereocenters. The maximum atomic E-state index is 9.65. The number of benzene rings is 1. The van der Waals surface area contributed by atoms with Gasteiger partial charge < -0.3 is 20.8 Å². The zero-order valence-corrected chi connectivity index (χ0v) is 18.1. The number of nitrogens with zero attached hydrogens (tertiary/aromatic N) is 5. The molecule has 0 saturated carbocycles. The Bertz CT molecular complexity index is 1160. The zero-order chi connectivity index (χ0) is 22.5. The summed E-state index contributed by atoms with van der Waals surface area (Å²) in [5, 5.41) is 29.5. The van der Waals surface area contributed by atoms with Crippen molar-refractivity contribution in [2.45, 2.75) is 32.4 Å². The van der Waals surface area contributed by atoms with Gasteiger partial charge in [-0.1, -0.05) is 50.2 Å². The molecule has 0 fully saturated rings. The van der Waals surface area contributed by atoms with Crippen LogP contribution in [0.3, 0.4) is 0 Å². The second kappa shape index (κ2) is 9.71. The third-order valence-electron chi connectivity index (χ3n) is 5.07. The Morgan fingerprint density at radius 2 is 1.81 bits per heavy atom. The van der Waals surface area contributed by atoms with Crippen LogP contribution in [0.15, 0.2) is 54.9 Å². The van der Waals surface area contributed by atoms with E-state index in [0.29, 0.717) is 24.1 Å². The molecule has 0 amide bonds. The van der Waals surface area contributed by atoms with Gasteiger partial charge in [0.05, 0.1) is 24.6 Å². The van der Waals surface area contributed by atoms with Crippen LogP contribution in [0.1, 0.15) is 30.9 Å². The van der Waals surface area contributed by atoms with Crippen molar-refractivity contribution in [3.8, 4) is 11.3 Å². The number of anilines is 2. The van der Waals surface area contributed by atoms with E-state index in [9.17, 15) is 5.11 Å². The number of nitrogens with one attached hydrogen (secondary N) is 2. The highest BCUT2D eigenvalue weighted by Gasteiger charge is 2.15. The van der Waals surface area contributed by atoms with Crippen LogP contribution >= 0.6 is 0 Å². The predicted octanol–water partition coefficient (Wildman–Crippen LogP) is 2.69. The van der Waals surface area contributed by atoms with Gasteiger partial charge in [0, 0.05) is 30.4 Å². The Morgan fingerprint density at radius 3 is 2.50 bits per heavy atom. The summed E-state index contributed by atoms with van der Waals surface area (Å²) in [5.74, 6) is 1.11. The van der Waals surface area contributed by atoms with Crippen molar-refractivity contribution in [3.05, 3.63) is 66.0 Å². The first-order chi connectivity index (χ1) is 15.5. The van der Waals surface area contributed by atoms with Crippen molar-refractivity contribution in [2.24, 2.45) is 0 Å². The highest BCUT2D eigenvalue weighted by Crippen LogP contribution is 2.22. The summed E-state index contributed by atoms with van der Waals surface area (Å²) in [4.78, 5) is 13.6. The third kappa shape index (κ3) is 4.84. The molecule has 0 radical (unpaired) electrons. The Kier molecular flexibility index (Phi) is 6.58. The monoisotopic (exact) mass is 433 g/mol. The highest BCUT2D eigenvalue weighted by atomic mass is 16.3. The molecule has 0 aliphatic rings. The Balaban J connectivity index is 1.56. The first-order valence-electron chi connectivity index (χ1n) is 10.6. The van der Waals surface area contributed by atoms with Gasteiger partial charge >= 0.3 is 0 Å². The molecule has 3 heterocycles. The first-order valence-corrected chi connectivity index (χ1v) is 10.6. The molecule has 32 heavy (non-hydrogen) atoms. The van der Waals surface area contributed by atoms with Gasteiger partial charge in [0.2, 0.25) is 11.9 Å². The number of aliphatic hydroxyl groups excluding tert-OH is 2. The number of pyridine rings is 1. The molecular formula is C23H27N7O2. The molecule has 1 aromatic carbocycles. The molecule has 4 N–H and O–H groups in total. The molecule has 0 bridgehead atoms. The van der Waals surface area contributed by atoms with Crippen LogP contribution in [0.4, 0.5) is 11.9 Å². The molecule has 0 aliphatic heterocycles. The molecule has 1 atom stereocenters. The van der Waals surface area contributed by atoms with E-state index in [1.165, 1.54) is 0 Å². The van der Waals surface area contributed by atoms with Crippen molar-refractivity contribution >= 4 is 17.5 Å². The third-order valence-corrected chi connectivity index (χ3v) is 5.07. The smallest absolute Gasteiger partial charge is 0.229 e. The largest absolute Gasteiger partial charge is 0.394 e. The lowest BCUT2D eigenvalue weighted by Gasteiger charge is -2.13. The van der Waals surface area contributed by atoms with Crippen LogP contribution in [-0.2, 0) is 6.54 Å². The summed E-state index contributed by atoms with van der Waals surface area (Å²) >= 11 is 0. The van der Waals surface area contributed by atoms with Crippen molar-refractivity contribution in [1.29, 1.82) is 0 Å². The van der Waals surface area contributed by atoms with E-state index in [1.54, 1.807) is 10.7 Å². The van der Waals surface area contributed by atoms with Gasteiger partial charge in [-0.15, -0.1) is 0 Å². The second-order valence-corrected chi connectivity index (χ2v) is 7.85. The van der Waals surface area contributed by atoms with Gasteiger partial charge in [0.25, 0.3) is 0 Å². The summed E-state index contributed by atoms with van der Waals surface area (Å²) in [5.41, 5.74) is 4.67. The molecule has 9 nitrogen and oxygen atoms in total. The van der Waals surface area contributed by atoms with Crippen molar-refractivity contribution in [3.63, 3.8) is 0 Å². The number of aliphatic hydroxyl groups is 2. The van der Waals surface area contributed by atoms with Crippen LogP contribution in [0.2, 0.25) is 0 Å². The molecular weight excluding hydrogens is 406 g/mol. The van der Waals surface area contributed by atoms with Gasteiger partial charge in [-0.2, -0.15) is 19.6 Å². The summed E-state index contributed by atoms with van der Waals surface area (Å²) in [7, 11) is 0. The van der Waals surface area contributed by atoms with Crippen molar-refractivity contribution in [1.82, 2.24) is 24.6 Å².